The molecule has 2 rings (SSSR count). The van der Waals surface area contributed by atoms with E-state index in [1.165, 1.54) is 38.5 Å². The molecule has 2 nitrogen and oxygen atoms in total. The molecule has 1 N–H and O–H groups in total. The Morgan fingerprint density at radius 2 is 1.94 bits per heavy atom. The zero-order chi connectivity index (χ0) is 12.8. The van der Waals surface area contributed by atoms with Gasteiger partial charge in [-0.25, -0.2) is 0 Å². The Kier molecular flexibility index (Phi) is 5.64. The molecule has 0 saturated heterocycles. The van der Waals surface area contributed by atoms with Crippen LogP contribution in [0.5, 0.6) is 0 Å². The molecule has 1 aliphatic carbocycles. The van der Waals surface area contributed by atoms with E-state index in [9.17, 15) is 5.11 Å². The summed E-state index contributed by atoms with van der Waals surface area (Å²) in [6, 6.07) is 2.04. The third-order valence-electron chi connectivity index (χ3n) is 3.81. The Hall–Kier alpha value is -0.410. The molecule has 0 aromatic carbocycles. The van der Waals surface area contributed by atoms with Crippen LogP contribution in [-0.2, 0) is 6.42 Å². The molecule has 0 amide bonds. The summed E-state index contributed by atoms with van der Waals surface area (Å²) in [5.74, 6) is 0.725. The van der Waals surface area contributed by atoms with Gasteiger partial charge in [0.05, 0.1) is 6.10 Å². The first-order chi connectivity index (χ1) is 8.74. The third-order valence-corrected chi connectivity index (χ3v) is 4.25. The first-order valence-electron chi connectivity index (χ1n) is 7.01. The second-order valence-corrected chi connectivity index (χ2v) is 6.38. The molecular formula is C15H22BrNO. The Bertz CT molecular complexity index is 361. The summed E-state index contributed by atoms with van der Waals surface area (Å²) < 4.78 is 0.988. The van der Waals surface area contributed by atoms with E-state index in [1.807, 2.05) is 12.3 Å². The van der Waals surface area contributed by atoms with Crippen molar-refractivity contribution in [1.82, 2.24) is 4.98 Å². The van der Waals surface area contributed by atoms with Crippen LogP contribution in [0.4, 0.5) is 0 Å². The molecule has 0 radical (unpaired) electrons. The Morgan fingerprint density at radius 3 is 2.61 bits per heavy atom. The van der Waals surface area contributed by atoms with Crippen LogP contribution in [-0.4, -0.2) is 16.2 Å². The summed E-state index contributed by atoms with van der Waals surface area (Å²) in [6.07, 6.45) is 13.1. The highest BCUT2D eigenvalue weighted by Crippen LogP contribution is 2.27. The molecule has 3 heteroatoms. The van der Waals surface area contributed by atoms with Crippen molar-refractivity contribution in [3.8, 4) is 0 Å². The van der Waals surface area contributed by atoms with E-state index in [1.54, 1.807) is 6.20 Å². The van der Waals surface area contributed by atoms with Gasteiger partial charge in [0.25, 0.3) is 0 Å². The lowest BCUT2D eigenvalue weighted by Crippen LogP contribution is -2.16. The van der Waals surface area contributed by atoms with Gasteiger partial charge >= 0.3 is 0 Å². The molecule has 0 spiro atoms. The van der Waals surface area contributed by atoms with Crippen molar-refractivity contribution in [1.29, 1.82) is 0 Å². The van der Waals surface area contributed by atoms with Crippen LogP contribution >= 0.6 is 15.9 Å². The van der Waals surface area contributed by atoms with Gasteiger partial charge in [-0.05, 0) is 46.3 Å². The lowest BCUT2D eigenvalue weighted by Gasteiger charge is -2.18. The van der Waals surface area contributed by atoms with Crippen LogP contribution in [0.15, 0.2) is 22.9 Å². The maximum atomic E-state index is 10.2. The predicted octanol–water partition coefficient (Wildman–Crippen LogP) is 4.11. The van der Waals surface area contributed by atoms with Gasteiger partial charge in [-0.3, -0.25) is 4.98 Å². The van der Waals surface area contributed by atoms with Crippen LogP contribution in [0.3, 0.4) is 0 Å². The minimum Gasteiger partial charge on any atom is -0.393 e. The molecule has 18 heavy (non-hydrogen) atoms. The molecule has 0 bridgehead atoms. The maximum Gasteiger partial charge on any atom is 0.0583 e. The van der Waals surface area contributed by atoms with Crippen molar-refractivity contribution in [3.05, 3.63) is 28.5 Å². The van der Waals surface area contributed by atoms with E-state index in [0.717, 1.165) is 28.8 Å². The van der Waals surface area contributed by atoms with E-state index in [2.05, 4.69) is 20.9 Å². The lowest BCUT2D eigenvalue weighted by molar-refractivity contribution is 0.137. The van der Waals surface area contributed by atoms with E-state index < -0.39 is 0 Å². The molecule has 1 atom stereocenters. The Labute approximate surface area is 118 Å². The van der Waals surface area contributed by atoms with Crippen LogP contribution in [0.2, 0.25) is 0 Å². The molecule has 1 aromatic heterocycles. The lowest BCUT2D eigenvalue weighted by atomic mass is 9.91. The number of aliphatic hydroxyl groups is 1. The van der Waals surface area contributed by atoms with Gasteiger partial charge in [-0.15, -0.1) is 0 Å². The molecule has 1 fully saturated rings. The highest BCUT2D eigenvalue weighted by molar-refractivity contribution is 9.10. The van der Waals surface area contributed by atoms with Gasteiger partial charge < -0.3 is 5.11 Å². The van der Waals surface area contributed by atoms with Gasteiger partial charge in [0.15, 0.2) is 0 Å². The molecule has 1 aliphatic rings. The molecular weight excluding hydrogens is 290 g/mol. The number of hydrogen-bond donors (Lipinski definition) is 1. The minimum atomic E-state index is -0.218. The Balaban J connectivity index is 1.82. The fourth-order valence-corrected chi connectivity index (χ4v) is 3.32. The number of nitrogens with zero attached hydrogens (tertiary/aromatic N) is 1. The standard InChI is InChI=1S/C15H22BrNO/c16-14-7-13(10-17-11-14)9-15(18)8-12-5-3-1-2-4-6-12/h7,10-12,15,18H,1-6,8-9H2. The second kappa shape index (κ2) is 7.25. The van der Waals surface area contributed by atoms with Crippen molar-refractivity contribution in [2.45, 2.75) is 57.5 Å². The zero-order valence-electron chi connectivity index (χ0n) is 10.8. The van der Waals surface area contributed by atoms with E-state index >= 15 is 0 Å². The summed E-state index contributed by atoms with van der Waals surface area (Å²) in [5.41, 5.74) is 1.12. The average molecular weight is 312 g/mol. The summed E-state index contributed by atoms with van der Waals surface area (Å²) in [5, 5.41) is 10.2. The first-order valence-corrected chi connectivity index (χ1v) is 7.81. The van der Waals surface area contributed by atoms with Crippen LogP contribution in [0.1, 0.15) is 50.5 Å². The third kappa shape index (κ3) is 4.69. The second-order valence-electron chi connectivity index (χ2n) is 5.46. The Morgan fingerprint density at radius 1 is 1.22 bits per heavy atom. The van der Waals surface area contributed by atoms with Crippen molar-refractivity contribution >= 4 is 15.9 Å². The van der Waals surface area contributed by atoms with Gasteiger partial charge in [0.2, 0.25) is 0 Å². The van der Waals surface area contributed by atoms with E-state index in [4.69, 9.17) is 0 Å². The topological polar surface area (TPSA) is 33.1 Å². The van der Waals surface area contributed by atoms with E-state index in [-0.39, 0.29) is 6.10 Å². The van der Waals surface area contributed by atoms with Gasteiger partial charge in [0.1, 0.15) is 0 Å². The summed E-state index contributed by atoms with van der Waals surface area (Å²) in [6.45, 7) is 0. The van der Waals surface area contributed by atoms with Crippen LogP contribution in [0.25, 0.3) is 0 Å². The summed E-state index contributed by atoms with van der Waals surface area (Å²) in [4.78, 5) is 4.14. The number of aliphatic hydroxyl groups excluding tert-OH is 1. The van der Waals surface area contributed by atoms with Crippen molar-refractivity contribution in [2.75, 3.05) is 0 Å². The fraction of sp³-hybridized carbons (Fsp3) is 0.667. The number of aromatic nitrogens is 1. The number of rotatable bonds is 4. The van der Waals surface area contributed by atoms with Crippen molar-refractivity contribution in [3.63, 3.8) is 0 Å². The molecule has 0 aliphatic heterocycles. The molecule has 100 valence electrons. The van der Waals surface area contributed by atoms with Crippen LogP contribution in [0, 0.1) is 5.92 Å². The normalized spacial score (nSPS) is 19.4. The number of halogens is 1. The largest absolute Gasteiger partial charge is 0.393 e. The molecule has 1 heterocycles. The first kappa shape index (κ1) is 14.0. The van der Waals surface area contributed by atoms with Crippen LogP contribution < -0.4 is 0 Å². The quantitative estimate of drug-likeness (QED) is 0.849. The monoisotopic (exact) mass is 311 g/mol. The summed E-state index contributed by atoms with van der Waals surface area (Å²) in [7, 11) is 0. The van der Waals surface area contributed by atoms with Gasteiger partial charge in [0, 0.05) is 16.9 Å². The number of hydrogen-bond acceptors (Lipinski definition) is 2. The fourth-order valence-electron chi connectivity index (χ4n) is 2.91. The predicted molar refractivity (Wildman–Crippen MR) is 77.5 cm³/mol. The molecule has 1 aromatic rings. The maximum absolute atomic E-state index is 10.2. The van der Waals surface area contributed by atoms with Gasteiger partial charge in [-0.1, -0.05) is 38.5 Å². The number of pyridine rings is 1. The SMILES string of the molecule is OC(Cc1cncc(Br)c1)CC1CCCCCC1. The van der Waals surface area contributed by atoms with E-state index in [0.29, 0.717) is 0 Å². The summed E-state index contributed by atoms with van der Waals surface area (Å²) >= 11 is 3.42. The minimum absolute atomic E-state index is 0.218. The molecule has 1 unspecified atom stereocenters. The van der Waals surface area contributed by atoms with Gasteiger partial charge in [-0.2, -0.15) is 0 Å². The highest BCUT2D eigenvalue weighted by Gasteiger charge is 2.17. The average Bonchev–Trinajstić information content (AvgIpc) is 2.57. The van der Waals surface area contributed by atoms with Crippen molar-refractivity contribution < 1.29 is 5.11 Å². The molecule has 1 saturated carbocycles. The van der Waals surface area contributed by atoms with Crippen molar-refractivity contribution in [2.24, 2.45) is 5.92 Å². The zero-order valence-corrected chi connectivity index (χ0v) is 12.4. The highest BCUT2D eigenvalue weighted by atomic mass is 79.9. The smallest absolute Gasteiger partial charge is 0.0583 e.